The molecule has 5 heteroatoms. The first kappa shape index (κ1) is 14.0. The van der Waals surface area contributed by atoms with Gasteiger partial charge in [0.2, 0.25) is 5.91 Å². The van der Waals surface area contributed by atoms with Crippen LogP contribution in [0.5, 0.6) is 0 Å². The fraction of sp³-hybridized carbons (Fsp3) is 0.786. The highest BCUT2D eigenvalue weighted by Gasteiger charge is 2.27. The Hall–Kier alpha value is -1.39. The first-order chi connectivity index (χ1) is 9.04. The summed E-state index contributed by atoms with van der Waals surface area (Å²) in [6.07, 6.45) is 2.01. The fourth-order valence-corrected chi connectivity index (χ4v) is 2.66. The smallest absolute Gasteiger partial charge is 0.225 e. The number of aromatic nitrogens is 3. The molecule has 1 aliphatic rings. The summed E-state index contributed by atoms with van der Waals surface area (Å²) in [5.74, 6) is 2.70. The molecule has 106 valence electrons. The Labute approximate surface area is 115 Å². The van der Waals surface area contributed by atoms with Crippen LogP contribution in [-0.4, -0.2) is 32.1 Å². The van der Waals surface area contributed by atoms with Gasteiger partial charge in [-0.05, 0) is 6.42 Å². The normalized spacial score (nSPS) is 16.6. The van der Waals surface area contributed by atoms with E-state index in [0.29, 0.717) is 12.5 Å². The zero-order valence-electron chi connectivity index (χ0n) is 12.4. The van der Waals surface area contributed by atoms with Crippen molar-refractivity contribution in [2.75, 3.05) is 6.54 Å². The third-order valence-electron chi connectivity index (χ3n) is 3.75. The van der Waals surface area contributed by atoms with Crippen LogP contribution in [0, 0.1) is 5.92 Å². The average Bonchev–Trinajstić information content (AvgIpc) is 2.80. The van der Waals surface area contributed by atoms with Crippen LogP contribution in [0.3, 0.4) is 0 Å². The summed E-state index contributed by atoms with van der Waals surface area (Å²) < 4.78 is 2.17. The predicted molar refractivity (Wildman–Crippen MR) is 73.6 cm³/mol. The highest BCUT2D eigenvalue weighted by atomic mass is 16.2. The lowest BCUT2D eigenvalue weighted by molar-refractivity contribution is -0.136. The summed E-state index contributed by atoms with van der Waals surface area (Å²) in [4.78, 5) is 14.2. The number of hydrogen-bond acceptors (Lipinski definition) is 3. The van der Waals surface area contributed by atoms with Crippen LogP contribution >= 0.6 is 0 Å². The Balaban J connectivity index is 2.08. The molecule has 2 rings (SSSR count). The van der Waals surface area contributed by atoms with E-state index in [1.807, 2.05) is 11.8 Å². The minimum atomic E-state index is 0.115. The van der Waals surface area contributed by atoms with Gasteiger partial charge >= 0.3 is 0 Å². The van der Waals surface area contributed by atoms with Crippen molar-refractivity contribution in [1.82, 2.24) is 19.7 Å². The Bertz CT molecular complexity index is 452. The van der Waals surface area contributed by atoms with Crippen LogP contribution in [0.1, 0.15) is 58.1 Å². The van der Waals surface area contributed by atoms with Gasteiger partial charge < -0.3 is 9.47 Å². The summed E-state index contributed by atoms with van der Waals surface area (Å²) in [6, 6.07) is 0. The lowest BCUT2D eigenvalue weighted by Gasteiger charge is -2.30. The Morgan fingerprint density at radius 2 is 2.00 bits per heavy atom. The van der Waals surface area contributed by atoms with Crippen molar-refractivity contribution in [2.45, 2.75) is 59.5 Å². The van der Waals surface area contributed by atoms with E-state index in [1.54, 1.807) is 0 Å². The topological polar surface area (TPSA) is 51.0 Å². The average molecular weight is 264 g/mol. The number of amides is 1. The minimum absolute atomic E-state index is 0.115. The van der Waals surface area contributed by atoms with Gasteiger partial charge in [0.05, 0.1) is 6.54 Å². The maximum atomic E-state index is 12.3. The summed E-state index contributed by atoms with van der Waals surface area (Å²) in [7, 11) is 0. The molecule has 19 heavy (non-hydrogen) atoms. The van der Waals surface area contributed by atoms with Gasteiger partial charge in [0.15, 0.2) is 5.82 Å². The second-order valence-electron chi connectivity index (χ2n) is 5.73. The molecule has 1 amide bonds. The van der Waals surface area contributed by atoms with Crippen molar-refractivity contribution < 1.29 is 4.79 Å². The highest BCUT2D eigenvalue weighted by Crippen LogP contribution is 2.20. The first-order valence-electron chi connectivity index (χ1n) is 7.25. The fourth-order valence-electron chi connectivity index (χ4n) is 2.66. The molecule has 0 radical (unpaired) electrons. The number of hydrogen-bond donors (Lipinski definition) is 0. The van der Waals surface area contributed by atoms with Crippen LogP contribution in [-0.2, 0) is 17.9 Å². The SMILES string of the molecule is CCCC(C)C(=O)N1CCn2c(nnc2C(C)C)C1. The zero-order chi connectivity index (χ0) is 14.0. The molecule has 0 aliphatic carbocycles. The molecule has 5 nitrogen and oxygen atoms in total. The molecule has 0 saturated carbocycles. The van der Waals surface area contributed by atoms with Gasteiger partial charge in [0, 0.05) is 24.9 Å². The molecular weight excluding hydrogens is 240 g/mol. The van der Waals surface area contributed by atoms with Crippen molar-refractivity contribution >= 4 is 5.91 Å². The lowest BCUT2D eigenvalue weighted by Crippen LogP contribution is -2.41. The van der Waals surface area contributed by atoms with Crippen molar-refractivity contribution in [1.29, 1.82) is 0 Å². The van der Waals surface area contributed by atoms with E-state index in [9.17, 15) is 4.79 Å². The number of rotatable bonds is 4. The monoisotopic (exact) mass is 264 g/mol. The maximum Gasteiger partial charge on any atom is 0.225 e. The molecule has 1 atom stereocenters. The van der Waals surface area contributed by atoms with E-state index in [0.717, 1.165) is 37.6 Å². The Kier molecular flexibility index (Phi) is 4.22. The third kappa shape index (κ3) is 2.80. The third-order valence-corrected chi connectivity index (χ3v) is 3.75. The highest BCUT2D eigenvalue weighted by molar-refractivity contribution is 5.78. The van der Waals surface area contributed by atoms with E-state index >= 15 is 0 Å². The van der Waals surface area contributed by atoms with Crippen molar-refractivity contribution in [3.63, 3.8) is 0 Å². The number of fused-ring (bicyclic) bond motifs is 1. The molecule has 1 aromatic rings. The Morgan fingerprint density at radius 1 is 1.26 bits per heavy atom. The van der Waals surface area contributed by atoms with E-state index in [2.05, 4.69) is 35.5 Å². The molecule has 0 bridgehead atoms. The molecule has 1 aliphatic heterocycles. The lowest BCUT2D eigenvalue weighted by atomic mass is 10.0. The van der Waals surface area contributed by atoms with Crippen molar-refractivity contribution in [2.24, 2.45) is 5.92 Å². The van der Waals surface area contributed by atoms with Crippen LogP contribution in [0.4, 0.5) is 0 Å². The van der Waals surface area contributed by atoms with Crippen LogP contribution < -0.4 is 0 Å². The predicted octanol–water partition coefficient (Wildman–Crippen LogP) is 2.18. The molecule has 0 aromatic carbocycles. The summed E-state index contributed by atoms with van der Waals surface area (Å²) in [5.41, 5.74) is 0. The molecule has 0 saturated heterocycles. The van der Waals surface area contributed by atoms with Crippen molar-refractivity contribution in [3.8, 4) is 0 Å². The Morgan fingerprint density at radius 3 is 2.63 bits per heavy atom. The molecule has 2 heterocycles. The molecule has 0 N–H and O–H groups in total. The molecule has 1 unspecified atom stereocenters. The van der Waals surface area contributed by atoms with Gasteiger partial charge in [-0.1, -0.05) is 34.1 Å². The van der Waals surface area contributed by atoms with Crippen LogP contribution in [0.15, 0.2) is 0 Å². The van der Waals surface area contributed by atoms with Crippen molar-refractivity contribution in [3.05, 3.63) is 11.6 Å². The summed E-state index contributed by atoms with van der Waals surface area (Å²) in [6.45, 7) is 10.6. The van der Waals surface area contributed by atoms with Gasteiger partial charge in [-0.2, -0.15) is 0 Å². The van der Waals surface area contributed by atoms with Gasteiger partial charge in [0.25, 0.3) is 0 Å². The molecule has 0 fully saturated rings. The van der Waals surface area contributed by atoms with Gasteiger partial charge in [0.1, 0.15) is 5.82 Å². The molecular formula is C14H24N4O. The second-order valence-corrected chi connectivity index (χ2v) is 5.73. The van der Waals surface area contributed by atoms with E-state index < -0.39 is 0 Å². The zero-order valence-corrected chi connectivity index (χ0v) is 12.4. The van der Waals surface area contributed by atoms with E-state index in [-0.39, 0.29) is 11.8 Å². The van der Waals surface area contributed by atoms with Gasteiger partial charge in [-0.25, -0.2) is 0 Å². The standard InChI is InChI=1S/C14H24N4O/c1-5-6-11(4)14(19)17-7-8-18-12(9-17)15-16-13(18)10(2)3/h10-11H,5-9H2,1-4H3. The minimum Gasteiger partial charge on any atom is -0.333 e. The largest absolute Gasteiger partial charge is 0.333 e. The van der Waals surface area contributed by atoms with E-state index in [4.69, 9.17) is 0 Å². The quantitative estimate of drug-likeness (QED) is 0.837. The van der Waals surface area contributed by atoms with Crippen LogP contribution in [0.25, 0.3) is 0 Å². The number of carbonyl (C=O) groups excluding carboxylic acids is 1. The number of nitrogens with zero attached hydrogens (tertiary/aromatic N) is 4. The number of carbonyl (C=O) groups is 1. The first-order valence-corrected chi connectivity index (χ1v) is 7.25. The summed E-state index contributed by atoms with van der Waals surface area (Å²) in [5, 5.41) is 8.48. The van der Waals surface area contributed by atoms with Gasteiger partial charge in [-0.15, -0.1) is 10.2 Å². The second kappa shape index (κ2) is 5.72. The van der Waals surface area contributed by atoms with Crippen LogP contribution in [0.2, 0.25) is 0 Å². The maximum absolute atomic E-state index is 12.3. The van der Waals surface area contributed by atoms with Gasteiger partial charge in [-0.3, -0.25) is 4.79 Å². The molecule has 0 spiro atoms. The van der Waals surface area contributed by atoms with E-state index in [1.165, 1.54) is 0 Å². The molecule has 1 aromatic heterocycles. The summed E-state index contributed by atoms with van der Waals surface area (Å²) >= 11 is 0.